The van der Waals surface area contributed by atoms with E-state index in [2.05, 4.69) is 10.3 Å². The first kappa shape index (κ1) is 20.9. The molecule has 29 heavy (non-hydrogen) atoms. The number of carbonyl (C=O) groups is 1. The quantitative estimate of drug-likeness (QED) is 0.472. The first-order valence-electron chi connectivity index (χ1n) is 10.0. The Morgan fingerprint density at radius 1 is 1.10 bits per heavy atom. The van der Waals surface area contributed by atoms with Crippen LogP contribution < -0.4 is 10.1 Å². The van der Waals surface area contributed by atoms with E-state index in [4.69, 9.17) is 9.15 Å². The molecule has 2 N–H and O–H groups in total. The minimum atomic E-state index is -1.24. The van der Waals surface area contributed by atoms with Crippen molar-refractivity contribution in [3.63, 3.8) is 0 Å². The van der Waals surface area contributed by atoms with Crippen LogP contribution in [-0.4, -0.2) is 34.8 Å². The molecule has 3 aromatic rings. The highest BCUT2D eigenvalue weighted by Gasteiger charge is 2.29. The number of hydrogen-bond donors (Lipinski definition) is 2. The zero-order valence-corrected chi connectivity index (χ0v) is 17.0. The van der Waals surface area contributed by atoms with Gasteiger partial charge in [-0.05, 0) is 76.0 Å². The molecule has 154 valence electrons. The Labute approximate surface area is 170 Å². The van der Waals surface area contributed by atoms with Crippen molar-refractivity contribution in [2.45, 2.75) is 45.1 Å². The molecule has 1 heterocycles. The summed E-state index contributed by atoms with van der Waals surface area (Å²) < 4.78 is 11.3. The highest BCUT2D eigenvalue weighted by atomic mass is 16.5. The van der Waals surface area contributed by atoms with E-state index in [9.17, 15) is 9.90 Å². The topological polar surface area (TPSA) is 84.6 Å². The van der Waals surface area contributed by atoms with Crippen molar-refractivity contribution in [3.05, 3.63) is 60.0 Å². The third-order valence-electron chi connectivity index (χ3n) is 4.71. The number of oxazole rings is 1. The molecule has 6 heteroatoms. The molecule has 0 saturated carbocycles. The van der Waals surface area contributed by atoms with Gasteiger partial charge < -0.3 is 19.6 Å². The normalized spacial score (nSPS) is 11.7. The number of carboxylic acid groups (broad SMARTS) is 1. The molecule has 6 nitrogen and oxygen atoms in total. The summed E-state index contributed by atoms with van der Waals surface area (Å²) in [5, 5.41) is 12.6. The third kappa shape index (κ3) is 6.06. The van der Waals surface area contributed by atoms with Crippen molar-refractivity contribution < 1.29 is 19.1 Å². The number of aromatic nitrogens is 1. The van der Waals surface area contributed by atoms with Gasteiger partial charge in [-0.2, -0.15) is 0 Å². The molecule has 0 unspecified atom stereocenters. The van der Waals surface area contributed by atoms with Crippen molar-refractivity contribution in [2.24, 2.45) is 0 Å². The van der Waals surface area contributed by atoms with Gasteiger partial charge in [0.15, 0.2) is 17.1 Å². The Morgan fingerprint density at radius 2 is 1.93 bits per heavy atom. The Kier molecular flexibility index (Phi) is 6.88. The summed E-state index contributed by atoms with van der Waals surface area (Å²) in [4.78, 5) is 15.7. The van der Waals surface area contributed by atoms with E-state index in [0.29, 0.717) is 5.75 Å². The number of rotatable bonds is 11. The van der Waals surface area contributed by atoms with Gasteiger partial charge in [0.2, 0.25) is 0 Å². The Morgan fingerprint density at radius 3 is 2.72 bits per heavy atom. The highest BCUT2D eigenvalue weighted by Crippen LogP contribution is 2.20. The van der Waals surface area contributed by atoms with Gasteiger partial charge in [-0.3, -0.25) is 0 Å². The lowest BCUT2D eigenvalue weighted by atomic mass is 10.1. The summed E-state index contributed by atoms with van der Waals surface area (Å²) in [5.41, 5.74) is 1.63. The van der Waals surface area contributed by atoms with Crippen LogP contribution in [0.1, 0.15) is 38.1 Å². The molecule has 3 rings (SSSR count). The smallest absolute Gasteiger partial charge is 0.347 e. The summed E-state index contributed by atoms with van der Waals surface area (Å²) in [6.45, 7) is 4.88. The molecule has 0 saturated heterocycles. The summed E-state index contributed by atoms with van der Waals surface area (Å²) in [6.07, 6.45) is 3.77. The average Bonchev–Trinajstić information content (AvgIpc) is 3.10. The van der Waals surface area contributed by atoms with E-state index in [1.807, 2.05) is 42.5 Å². The number of aliphatic carboxylic acids is 1. The molecule has 0 aliphatic carbocycles. The van der Waals surface area contributed by atoms with E-state index in [0.717, 1.165) is 61.3 Å². The number of ether oxygens (including phenoxy) is 1. The van der Waals surface area contributed by atoms with Crippen LogP contribution in [0.15, 0.2) is 52.9 Å². The van der Waals surface area contributed by atoms with E-state index in [1.165, 1.54) is 0 Å². The molecule has 0 aliphatic rings. The van der Waals surface area contributed by atoms with E-state index < -0.39 is 11.6 Å². The van der Waals surface area contributed by atoms with Gasteiger partial charge in [-0.1, -0.05) is 24.3 Å². The predicted octanol–water partition coefficient (Wildman–Crippen LogP) is 4.22. The molecule has 0 spiro atoms. The van der Waals surface area contributed by atoms with Gasteiger partial charge >= 0.3 is 5.97 Å². The number of benzene rings is 2. The summed E-state index contributed by atoms with van der Waals surface area (Å²) in [6, 6.07) is 15.4. The summed E-state index contributed by atoms with van der Waals surface area (Å²) in [7, 11) is 0. The number of hydrogen-bond acceptors (Lipinski definition) is 5. The first-order chi connectivity index (χ1) is 13.9. The van der Waals surface area contributed by atoms with Crippen LogP contribution in [0.3, 0.4) is 0 Å². The van der Waals surface area contributed by atoms with Crippen molar-refractivity contribution >= 4 is 17.1 Å². The number of para-hydroxylation sites is 2. The summed E-state index contributed by atoms with van der Waals surface area (Å²) in [5.74, 6) is 0.392. The lowest BCUT2D eigenvalue weighted by Gasteiger charge is -2.21. The molecule has 0 fully saturated rings. The van der Waals surface area contributed by atoms with Crippen LogP contribution in [0.5, 0.6) is 5.75 Å². The van der Waals surface area contributed by atoms with E-state index >= 15 is 0 Å². The molecule has 1 aromatic heterocycles. The van der Waals surface area contributed by atoms with Gasteiger partial charge in [-0.15, -0.1) is 0 Å². The molecule has 0 bridgehead atoms. The molecule has 0 amide bonds. The highest BCUT2D eigenvalue weighted by molar-refractivity contribution is 5.76. The van der Waals surface area contributed by atoms with Crippen molar-refractivity contribution in [2.75, 3.05) is 13.1 Å². The maximum Gasteiger partial charge on any atom is 0.347 e. The standard InChI is InChI=1S/C23H28N2O4/c1-23(2,22(26)27)29-18-9-7-8-17(16-18)13-15-24-14-6-5-12-21-25-19-10-3-4-11-20(19)28-21/h3-4,7-11,16,24H,5-6,12-15H2,1-2H3,(H,26,27). The van der Waals surface area contributed by atoms with Gasteiger partial charge in [-0.25, -0.2) is 9.78 Å². The number of nitrogens with zero attached hydrogens (tertiary/aromatic N) is 1. The van der Waals surface area contributed by atoms with Crippen molar-refractivity contribution in [3.8, 4) is 5.75 Å². The molecule has 0 radical (unpaired) electrons. The molecule has 2 aromatic carbocycles. The number of fused-ring (bicyclic) bond motifs is 1. The van der Waals surface area contributed by atoms with Crippen LogP contribution in [0.4, 0.5) is 0 Å². The molecular formula is C23H28N2O4. The van der Waals surface area contributed by atoms with Gasteiger partial charge in [0.25, 0.3) is 0 Å². The SMILES string of the molecule is CC(C)(Oc1cccc(CCNCCCCc2nc3ccccc3o2)c1)C(=O)O. The minimum Gasteiger partial charge on any atom is -0.478 e. The van der Waals surface area contributed by atoms with Crippen LogP contribution >= 0.6 is 0 Å². The van der Waals surface area contributed by atoms with Crippen molar-refractivity contribution in [1.82, 2.24) is 10.3 Å². The zero-order valence-electron chi connectivity index (χ0n) is 17.0. The zero-order chi connectivity index (χ0) is 20.7. The van der Waals surface area contributed by atoms with Gasteiger partial charge in [0, 0.05) is 6.42 Å². The van der Waals surface area contributed by atoms with E-state index in [-0.39, 0.29) is 0 Å². The predicted molar refractivity (Wildman–Crippen MR) is 112 cm³/mol. The van der Waals surface area contributed by atoms with Crippen LogP contribution in [0.25, 0.3) is 11.1 Å². The Balaban J connectivity index is 1.34. The van der Waals surface area contributed by atoms with Crippen LogP contribution in [0, 0.1) is 0 Å². The third-order valence-corrected chi connectivity index (χ3v) is 4.71. The van der Waals surface area contributed by atoms with Gasteiger partial charge in [0.05, 0.1) is 0 Å². The number of unbranched alkanes of at least 4 members (excludes halogenated alkanes) is 1. The summed E-state index contributed by atoms with van der Waals surface area (Å²) >= 11 is 0. The second kappa shape index (κ2) is 9.56. The lowest BCUT2D eigenvalue weighted by Crippen LogP contribution is -2.37. The van der Waals surface area contributed by atoms with Crippen molar-refractivity contribution in [1.29, 1.82) is 0 Å². The Hall–Kier alpha value is -2.86. The maximum atomic E-state index is 11.2. The number of aryl methyl sites for hydroxylation is 1. The number of carboxylic acids is 1. The molecule has 0 atom stereocenters. The minimum absolute atomic E-state index is 0.577. The second-order valence-electron chi connectivity index (χ2n) is 7.60. The lowest BCUT2D eigenvalue weighted by molar-refractivity contribution is -0.152. The fraction of sp³-hybridized carbons (Fsp3) is 0.391. The first-order valence-corrected chi connectivity index (χ1v) is 10.0. The monoisotopic (exact) mass is 396 g/mol. The Bertz CT molecular complexity index is 916. The van der Waals surface area contributed by atoms with Gasteiger partial charge in [0.1, 0.15) is 11.3 Å². The maximum absolute atomic E-state index is 11.2. The number of nitrogens with one attached hydrogen (secondary N) is 1. The molecule has 0 aliphatic heterocycles. The van der Waals surface area contributed by atoms with Crippen LogP contribution in [0.2, 0.25) is 0 Å². The second-order valence-corrected chi connectivity index (χ2v) is 7.60. The molecular weight excluding hydrogens is 368 g/mol. The fourth-order valence-corrected chi connectivity index (χ4v) is 3.01. The average molecular weight is 396 g/mol. The fourth-order valence-electron chi connectivity index (χ4n) is 3.01. The largest absolute Gasteiger partial charge is 0.478 e. The van der Waals surface area contributed by atoms with Crippen LogP contribution in [-0.2, 0) is 17.6 Å². The van der Waals surface area contributed by atoms with E-state index in [1.54, 1.807) is 19.9 Å².